The highest BCUT2D eigenvalue weighted by Gasteiger charge is 2.18. The molecule has 2 heterocycles. The van der Waals surface area contributed by atoms with E-state index in [1.165, 1.54) is 12.1 Å². The lowest BCUT2D eigenvalue weighted by molar-refractivity contribution is -0.141. The van der Waals surface area contributed by atoms with E-state index in [1.807, 2.05) is 0 Å². The van der Waals surface area contributed by atoms with Crippen LogP contribution in [0.3, 0.4) is 0 Å². The molecule has 8 heteroatoms. The van der Waals surface area contributed by atoms with E-state index in [1.54, 1.807) is 0 Å². The fourth-order valence-electron chi connectivity index (χ4n) is 2.29. The molecule has 3 aromatic rings. The van der Waals surface area contributed by atoms with E-state index in [0.29, 0.717) is 4.57 Å². The normalized spacial score (nSPS) is 11.3. The topological polar surface area (TPSA) is 115 Å². The second-order valence-corrected chi connectivity index (χ2v) is 4.50. The molecule has 0 saturated heterocycles. The Labute approximate surface area is 114 Å². The molecular weight excluding hydrogens is 280 g/mol. The number of carbonyl (C=O) groups is 1. The zero-order valence-electron chi connectivity index (χ0n) is 10.8. The Balaban J connectivity index is 2.43. The van der Waals surface area contributed by atoms with Gasteiger partial charge in [-0.05, 0) is 12.1 Å². The van der Waals surface area contributed by atoms with Crippen molar-refractivity contribution in [2.45, 2.75) is 6.54 Å². The summed E-state index contributed by atoms with van der Waals surface area (Å²) in [6, 6.07) is 2.39. The maximum atomic E-state index is 12.1. The van der Waals surface area contributed by atoms with Crippen LogP contribution in [0.4, 0.5) is 0 Å². The predicted molar refractivity (Wildman–Crippen MR) is 73.3 cm³/mol. The van der Waals surface area contributed by atoms with E-state index in [9.17, 15) is 24.0 Å². The van der Waals surface area contributed by atoms with Gasteiger partial charge < -0.3 is 4.74 Å². The number of H-pyrrole nitrogens is 1. The number of benzene rings is 1. The van der Waals surface area contributed by atoms with Crippen LogP contribution in [0.15, 0.2) is 31.3 Å². The summed E-state index contributed by atoms with van der Waals surface area (Å²) in [6.07, 6.45) is 0. The summed E-state index contributed by atoms with van der Waals surface area (Å²) in [4.78, 5) is 60.7. The lowest BCUT2D eigenvalue weighted by atomic mass is 10.1. The van der Waals surface area contributed by atoms with Crippen molar-refractivity contribution in [3.05, 3.63) is 53.5 Å². The number of esters is 1. The zero-order valence-corrected chi connectivity index (χ0v) is 10.8. The van der Waals surface area contributed by atoms with E-state index >= 15 is 0 Å². The van der Waals surface area contributed by atoms with Crippen molar-refractivity contribution in [2.24, 2.45) is 0 Å². The molecule has 8 nitrogen and oxygen atoms in total. The molecule has 0 fully saturated rings. The van der Waals surface area contributed by atoms with Crippen LogP contribution in [0, 0.1) is 0 Å². The van der Waals surface area contributed by atoms with Crippen LogP contribution in [0.5, 0.6) is 0 Å². The molecule has 21 heavy (non-hydrogen) atoms. The third-order valence-corrected chi connectivity index (χ3v) is 3.34. The van der Waals surface area contributed by atoms with Crippen molar-refractivity contribution in [2.75, 3.05) is 7.11 Å². The molecule has 0 aliphatic heterocycles. The quantitative estimate of drug-likeness (QED) is 0.581. The maximum Gasteiger partial charge on any atom is 0.325 e. The van der Waals surface area contributed by atoms with Gasteiger partial charge in [0.05, 0.1) is 28.7 Å². The predicted octanol–water partition coefficient (Wildman–Crippen LogP) is -1.39. The van der Waals surface area contributed by atoms with Crippen LogP contribution in [0.1, 0.15) is 0 Å². The minimum Gasteiger partial charge on any atom is -0.468 e. The van der Waals surface area contributed by atoms with Gasteiger partial charge in [0.25, 0.3) is 22.2 Å². The summed E-state index contributed by atoms with van der Waals surface area (Å²) >= 11 is 0. The molecule has 3 rings (SSSR count). The molecule has 0 aliphatic rings. The van der Waals surface area contributed by atoms with Gasteiger partial charge in [-0.15, -0.1) is 0 Å². The Kier molecular flexibility index (Phi) is 2.62. The van der Waals surface area contributed by atoms with Crippen LogP contribution in [0.25, 0.3) is 21.5 Å². The van der Waals surface area contributed by atoms with Crippen molar-refractivity contribution >= 4 is 27.5 Å². The molecule has 1 N–H and O–H groups in total. The molecule has 0 aliphatic carbocycles. The van der Waals surface area contributed by atoms with Gasteiger partial charge in [0.2, 0.25) is 0 Å². The number of hydrogen-bond donors (Lipinski definition) is 1. The third-order valence-electron chi connectivity index (χ3n) is 3.34. The van der Waals surface area contributed by atoms with Crippen molar-refractivity contribution in [3.63, 3.8) is 0 Å². The van der Waals surface area contributed by atoms with Crippen LogP contribution >= 0.6 is 0 Å². The van der Waals surface area contributed by atoms with E-state index in [2.05, 4.69) is 9.72 Å². The lowest BCUT2D eigenvalue weighted by Crippen LogP contribution is -2.29. The van der Waals surface area contributed by atoms with E-state index < -0.39 is 34.8 Å². The van der Waals surface area contributed by atoms with Crippen LogP contribution in [-0.4, -0.2) is 22.6 Å². The molecule has 0 amide bonds. The summed E-state index contributed by atoms with van der Waals surface area (Å²) in [6.45, 7) is -0.520. The Bertz CT molecular complexity index is 1020. The summed E-state index contributed by atoms with van der Waals surface area (Å²) in [7, 11) is 1.14. The summed E-state index contributed by atoms with van der Waals surface area (Å²) in [5, 5.41) is 0.0691. The van der Waals surface area contributed by atoms with Crippen molar-refractivity contribution in [1.82, 2.24) is 9.55 Å². The van der Waals surface area contributed by atoms with Gasteiger partial charge in [-0.25, -0.2) is 0 Å². The number of ether oxygens (including phenoxy) is 1. The van der Waals surface area contributed by atoms with Gasteiger partial charge >= 0.3 is 5.97 Å². The Morgan fingerprint density at radius 3 is 1.90 bits per heavy atom. The Morgan fingerprint density at radius 1 is 1.00 bits per heavy atom. The highest BCUT2D eigenvalue weighted by Crippen LogP contribution is 2.13. The van der Waals surface area contributed by atoms with Gasteiger partial charge in [0, 0.05) is 0 Å². The second-order valence-electron chi connectivity index (χ2n) is 4.50. The van der Waals surface area contributed by atoms with Gasteiger partial charge in [-0.1, -0.05) is 0 Å². The average molecular weight is 288 g/mol. The molecule has 0 spiro atoms. The minimum absolute atomic E-state index is 0.00694. The SMILES string of the molecule is COC(=O)Cn1c(=O)c2cc3c(=O)[nH]c(=O)c3cc2c1=O. The van der Waals surface area contributed by atoms with E-state index in [0.717, 1.165) is 7.11 Å². The van der Waals surface area contributed by atoms with Crippen LogP contribution < -0.4 is 22.2 Å². The fraction of sp³-hybridized carbons (Fsp3) is 0.154. The van der Waals surface area contributed by atoms with Gasteiger partial charge in [-0.3, -0.25) is 33.5 Å². The number of carbonyl (C=O) groups excluding carboxylic acids is 1. The number of rotatable bonds is 2. The van der Waals surface area contributed by atoms with E-state index in [-0.39, 0.29) is 21.5 Å². The summed E-state index contributed by atoms with van der Waals surface area (Å²) < 4.78 is 5.13. The molecule has 0 atom stereocenters. The van der Waals surface area contributed by atoms with Gasteiger partial charge in [0.1, 0.15) is 6.54 Å². The molecule has 0 saturated carbocycles. The first kappa shape index (κ1) is 13.0. The fourth-order valence-corrected chi connectivity index (χ4v) is 2.29. The number of aromatic amines is 1. The second kappa shape index (κ2) is 4.23. The van der Waals surface area contributed by atoms with Crippen molar-refractivity contribution in [3.8, 4) is 0 Å². The monoisotopic (exact) mass is 288 g/mol. The van der Waals surface area contributed by atoms with Crippen LogP contribution in [-0.2, 0) is 16.1 Å². The summed E-state index contributed by atoms with van der Waals surface area (Å²) in [5.74, 6) is -0.745. The Morgan fingerprint density at radius 2 is 1.48 bits per heavy atom. The number of aromatic nitrogens is 2. The first-order valence-corrected chi connectivity index (χ1v) is 5.90. The molecule has 0 unspecified atom stereocenters. The molecule has 1 aromatic carbocycles. The number of hydrogen-bond acceptors (Lipinski definition) is 6. The lowest BCUT2D eigenvalue weighted by Gasteiger charge is -1.97. The molecule has 106 valence electrons. The van der Waals surface area contributed by atoms with Crippen molar-refractivity contribution in [1.29, 1.82) is 0 Å². The molecule has 0 bridgehead atoms. The minimum atomic E-state index is -0.745. The Hall–Kier alpha value is -3.03. The molecule has 2 aromatic heterocycles. The van der Waals surface area contributed by atoms with E-state index in [4.69, 9.17) is 0 Å². The van der Waals surface area contributed by atoms with Gasteiger partial charge in [-0.2, -0.15) is 0 Å². The first-order chi connectivity index (χ1) is 9.93. The highest BCUT2D eigenvalue weighted by molar-refractivity contribution is 5.97. The number of nitrogens with zero attached hydrogens (tertiary/aromatic N) is 1. The molecular formula is C13H8N2O6. The maximum absolute atomic E-state index is 12.1. The number of nitrogens with one attached hydrogen (secondary N) is 1. The molecule has 0 radical (unpaired) electrons. The van der Waals surface area contributed by atoms with Crippen molar-refractivity contribution < 1.29 is 9.53 Å². The number of methoxy groups -OCH3 is 1. The summed E-state index contributed by atoms with van der Waals surface area (Å²) in [5.41, 5.74) is -2.64. The average Bonchev–Trinajstić information content (AvgIpc) is 2.87. The number of fused-ring (bicyclic) bond motifs is 2. The van der Waals surface area contributed by atoms with Crippen LogP contribution in [0.2, 0.25) is 0 Å². The smallest absolute Gasteiger partial charge is 0.325 e. The first-order valence-electron chi connectivity index (χ1n) is 5.90. The highest BCUT2D eigenvalue weighted by atomic mass is 16.5. The zero-order chi connectivity index (χ0) is 15.3. The largest absolute Gasteiger partial charge is 0.468 e. The van der Waals surface area contributed by atoms with Gasteiger partial charge in [0.15, 0.2) is 0 Å². The standard InChI is InChI=1S/C13H8N2O6/c1-21-9(16)4-15-12(19)7-2-5-6(3-8(7)13(15)20)11(18)14-10(5)17/h2-3H,4H2,1H3,(H,14,17,18). The third kappa shape index (κ3) is 1.72.